The summed E-state index contributed by atoms with van der Waals surface area (Å²) in [6.07, 6.45) is 5.87. The number of thiazole rings is 1. The minimum Gasteiger partial charge on any atom is -0.449 e. The third-order valence-corrected chi connectivity index (χ3v) is 9.50. The van der Waals surface area contributed by atoms with Gasteiger partial charge in [-0.2, -0.15) is 0 Å². The summed E-state index contributed by atoms with van der Waals surface area (Å²) < 4.78 is 40.4. The number of hydrogen-bond acceptors (Lipinski definition) is 8. The van der Waals surface area contributed by atoms with Crippen LogP contribution in [0, 0.1) is 5.92 Å². The maximum atomic E-state index is 13.6. The van der Waals surface area contributed by atoms with Crippen molar-refractivity contribution in [2.24, 2.45) is 5.92 Å². The minimum absolute atomic E-state index is 0.0194. The first-order valence-corrected chi connectivity index (χ1v) is 16.7. The van der Waals surface area contributed by atoms with E-state index in [4.69, 9.17) is 9.47 Å². The highest BCUT2D eigenvalue weighted by Gasteiger charge is 2.27. The van der Waals surface area contributed by atoms with Crippen molar-refractivity contribution in [1.82, 2.24) is 9.71 Å². The van der Waals surface area contributed by atoms with Gasteiger partial charge in [0.2, 0.25) is 10.0 Å². The summed E-state index contributed by atoms with van der Waals surface area (Å²) >= 11 is 1.33. The Hall–Kier alpha value is -3.48. The molecule has 3 N–H and O–H groups in total. The summed E-state index contributed by atoms with van der Waals surface area (Å²) in [7, 11) is -3.98. The van der Waals surface area contributed by atoms with E-state index < -0.39 is 27.7 Å². The van der Waals surface area contributed by atoms with Gasteiger partial charge in [0.1, 0.15) is 5.01 Å². The third kappa shape index (κ3) is 9.50. The van der Waals surface area contributed by atoms with Gasteiger partial charge in [0, 0.05) is 34.2 Å². The number of rotatable bonds is 9. The van der Waals surface area contributed by atoms with Crippen molar-refractivity contribution in [3.63, 3.8) is 0 Å². The van der Waals surface area contributed by atoms with E-state index in [0.29, 0.717) is 39.3 Å². The molecule has 1 heterocycles. The Balaban J connectivity index is 1.56. The Kier molecular flexibility index (Phi) is 10.5. The van der Waals surface area contributed by atoms with E-state index >= 15 is 0 Å². The number of anilines is 2. The van der Waals surface area contributed by atoms with E-state index in [1.54, 1.807) is 65.1 Å². The Bertz CT molecular complexity index is 1520. The molecule has 232 valence electrons. The number of sulfonamides is 1. The summed E-state index contributed by atoms with van der Waals surface area (Å²) in [5, 5.41) is 6.04. The summed E-state index contributed by atoms with van der Waals surface area (Å²) in [6, 6.07) is 11.9. The van der Waals surface area contributed by atoms with Gasteiger partial charge in [0.25, 0.3) is 0 Å². The Labute approximate surface area is 257 Å². The molecule has 0 saturated heterocycles. The Morgan fingerprint density at radius 2 is 1.63 bits per heavy atom. The lowest BCUT2D eigenvalue weighted by molar-refractivity contribution is 0.128. The van der Waals surface area contributed by atoms with Crippen molar-refractivity contribution in [1.29, 1.82) is 0 Å². The fourth-order valence-corrected chi connectivity index (χ4v) is 7.47. The zero-order chi connectivity index (χ0) is 31.2. The molecule has 1 saturated carbocycles. The maximum absolute atomic E-state index is 13.6. The van der Waals surface area contributed by atoms with E-state index in [1.165, 1.54) is 23.8 Å². The summed E-state index contributed by atoms with van der Waals surface area (Å²) in [6.45, 7) is 9.19. The normalized spacial score (nSPS) is 14.4. The molecule has 1 aliphatic carbocycles. The Morgan fingerprint density at radius 3 is 2.28 bits per heavy atom. The largest absolute Gasteiger partial charge is 0.449 e. The van der Waals surface area contributed by atoms with Crippen LogP contribution in [0.5, 0.6) is 0 Å². The molecule has 10 nitrogen and oxygen atoms in total. The lowest BCUT2D eigenvalue weighted by Crippen LogP contribution is -2.40. The van der Waals surface area contributed by atoms with Gasteiger partial charge < -0.3 is 9.47 Å². The predicted molar refractivity (Wildman–Crippen MR) is 170 cm³/mol. The van der Waals surface area contributed by atoms with Crippen molar-refractivity contribution in [2.75, 3.05) is 17.2 Å². The number of benzene rings is 2. The summed E-state index contributed by atoms with van der Waals surface area (Å²) in [5.41, 5.74) is 1.42. The van der Waals surface area contributed by atoms with E-state index in [1.807, 2.05) is 12.1 Å². The van der Waals surface area contributed by atoms with Gasteiger partial charge in [-0.05, 0) is 89.8 Å². The topological polar surface area (TPSA) is 136 Å². The van der Waals surface area contributed by atoms with Gasteiger partial charge in [-0.15, -0.1) is 11.3 Å². The minimum atomic E-state index is -3.98. The van der Waals surface area contributed by atoms with Crippen LogP contribution in [0.2, 0.25) is 0 Å². The molecule has 0 aliphatic heterocycles. The standard InChI is InChI=1S/C31H40N4O6S2/c1-20(2)41-30(37)33-23-13-11-22(12-14-23)28-32-18-26(42-28)25-16-15-24(17-27(25)43(38,39)35-31(3,4)5)34-29(36)40-19-21-9-7-6-8-10-21/h11-18,20-21,35H,6-10,19H2,1-5H3,(H,33,37)(H,34,36). The lowest BCUT2D eigenvalue weighted by atomic mass is 9.90. The highest BCUT2D eigenvalue weighted by Crippen LogP contribution is 2.37. The molecule has 1 fully saturated rings. The molecule has 43 heavy (non-hydrogen) atoms. The SMILES string of the molecule is CC(C)OC(=O)Nc1ccc(-c2ncc(-c3ccc(NC(=O)OCC4CCCCC4)cc3S(=O)(=O)NC(C)(C)C)s2)cc1. The Morgan fingerprint density at radius 1 is 0.977 bits per heavy atom. The molecule has 1 aromatic heterocycles. The molecule has 0 bridgehead atoms. The number of ether oxygens (including phenoxy) is 2. The fraction of sp³-hybridized carbons (Fsp3) is 0.452. The molecule has 0 spiro atoms. The zero-order valence-electron chi connectivity index (χ0n) is 25.2. The number of aromatic nitrogens is 1. The van der Waals surface area contributed by atoms with Crippen LogP contribution in [0.4, 0.5) is 21.0 Å². The smallest absolute Gasteiger partial charge is 0.411 e. The highest BCUT2D eigenvalue weighted by molar-refractivity contribution is 7.89. The zero-order valence-corrected chi connectivity index (χ0v) is 26.9. The molecular weight excluding hydrogens is 588 g/mol. The van der Waals surface area contributed by atoms with Gasteiger partial charge >= 0.3 is 12.2 Å². The second kappa shape index (κ2) is 13.9. The van der Waals surface area contributed by atoms with Gasteiger partial charge in [0.05, 0.1) is 22.5 Å². The quantitative estimate of drug-likeness (QED) is 0.222. The predicted octanol–water partition coefficient (Wildman–Crippen LogP) is 7.64. The van der Waals surface area contributed by atoms with Crippen molar-refractivity contribution >= 4 is 44.9 Å². The van der Waals surface area contributed by atoms with Gasteiger partial charge in [-0.1, -0.05) is 25.3 Å². The highest BCUT2D eigenvalue weighted by atomic mass is 32.2. The van der Waals surface area contributed by atoms with Gasteiger partial charge in [-0.25, -0.2) is 27.7 Å². The van der Waals surface area contributed by atoms with Crippen molar-refractivity contribution < 1.29 is 27.5 Å². The summed E-state index contributed by atoms with van der Waals surface area (Å²) in [5.74, 6) is 0.364. The van der Waals surface area contributed by atoms with Crippen LogP contribution in [-0.4, -0.2) is 43.8 Å². The number of carbonyl (C=O) groups excluding carboxylic acids is 2. The second-order valence-electron chi connectivity index (χ2n) is 12.0. The van der Waals surface area contributed by atoms with Gasteiger partial charge in [-0.3, -0.25) is 10.6 Å². The van der Waals surface area contributed by atoms with Crippen LogP contribution in [0.25, 0.3) is 21.0 Å². The number of carbonyl (C=O) groups is 2. The molecule has 0 unspecified atom stereocenters. The van der Waals surface area contributed by atoms with Crippen molar-refractivity contribution in [2.45, 2.75) is 83.3 Å². The molecule has 12 heteroatoms. The first kappa shape index (κ1) is 32.4. The first-order valence-electron chi connectivity index (χ1n) is 14.5. The maximum Gasteiger partial charge on any atom is 0.411 e. The first-order chi connectivity index (χ1) is 20.3. The average Bonchev–Trinajstić information content (AvgIpc) is 3.41. The molecule has 3 aromatic rings. The van der Waals surface area contributed by atoms with Crippen LogP contribution in [0.15, 0.2) is 53.6 Å². The summed E-state index contributed by atoms with van der Waals surface area (Å²) in [4.78, 5) is 29.6. The van der Waals surface area contributed by atoms with Crippen LogP contribution in [-0.2, 0) is 19.5 Å². The van der Waals surface area contributed by atoms with E-state index in [0.717, 1.165) is 31.2 Å². The van der Waals surface area contributed by atoms with Crippen molar-refractivity contribution in [3.05, 3.63) is 48.7 Å². The van der Waals surface area contributed by atoms with E-state index in [9.17, 15) is 18.0 Å². The number of nitrogens with one attached hydrogen (secondary N) is 3. The lowest BCUT2D eigenvalue weighted by Gasteiger charge is -2.22. The van der Waals surface area contributed by atoms with Crippen molar-refractivity contribution in [3.8, 4) is 21.0 Å². The molecule has 0 radical (unpaired) electrons. The molecule has 1 aliphatic rings. The van der Waals surface area contributed by atoms with Gasteiger partial charge in [0.15, 0.2) is 0 Å². The van der Waals surface area contributed by atoms with Crippen LogP contribution in [0.1, 0.15) is 66.7 Å². The van der Waals surface area contributed by atoms with Crippen LogP contribution in [0.3, 0.4) is 0 Å². The monoisotopic (exact) mass is 628 g/mol. The number of amides is 2. The van der Waals surface area contributed by atoms with Crippen LogP contribution >= 0.6 is 11.3 Å². The molecule has 2 amide bonds. The average molecular weight is 629 g/mol. The third-order valence-electron chi connectivity index (χ3n) is 6.63. The van der Waals surface area contributed by atoms with E-state index in [-0.39, 0.29) is 11.0 Å². The molecule has 0 atom stereocenters. The molecular formula is C31H40N4O6S2. The second-order valence-corrected chi connectivity index (χ2v) is 14.7. The number of nitrogens with zero attached hydrogens (tertiary/aromatic N) is 1. The van der Waals surface area contributed by atoms with Crippen LogP contribution < -0.4 is 15.4 Å². The molecule has 2 aromatic carbocycles. The number of hydrogen-bond donors (Lipinski definition) is 3. The fourth-order valence-electron chi connectivity index (χ4n) is 4.77. The van der Waals surface area contributed by atoms with E-state index in [2.05, 4.69) is 20.3 Å². The molecule has 4 rings (SSSR count).